The van der Waals surface area contributed by atoms with Crippen molar-refractivity contribution in [2.24, 2.45) is 0 Å². The van der Waals surface area contributed by atoms with Crippen LogP contribution in [0.1, 0.15) is 67.1 Å². The molecule has 0 radical (unpaired) electrons. The summed E-state index contributed by atoms with van der Waals surface area (Å²) in [5.74, 6) is 0.155. The fraction of sp³-hybridized carbons (Fsp3) is 0.526. The van der Waals surface area contributed by atoms with Crippen LogP contribution in [0.25, 0.3) is 5.82 Å². The third-order valence-electron chi connectivity index (χ3n) is 4.77. The number of halogens is 3. The Labute approximate surface area is 156 Å². The lowest BCUT2D eigenvalue weighted by molar-refractivity contribution is -0.137. The highest BCUT2D eigenvalue weighted by atomic mass is 19.4. The minimum Gasteiger partial charge on any atom is -0.339 e. The molecule has 0 spiro atoms. The summed E-state index contributed by atoms with van der Waals surface area (Å²) in [4.78, 5) is 18.8. The Kier molecular flexibility index (Phi) is 5.53. The highest BCUT2D eigenvalue weighted by molar-refractivity contribution is 5.95. The quantitative estimate of drug-likeness (QED) is 0.792. The molecule has 0 aliphatic carbocycles. The van der Waals surface area contributed by atoms with Crippen molar-refractivity contribution in [3.63, 3.8) is 0 Å². The first-order chi connectivity index (χ1) is 12.8. The summed E-state index contributed by atoms with van der Waals surface area (Å²) < 4.78 is 39.8. The second-order valence-corrected chi connectivity index (χ2v) is 7.12. The first kappa shape index (κ1) is 19.4. The normalized spacial score (nSPS) is 15.9. The van der Waals surface area contributed by atoms with E-state index < -0.39 is 11.7 Å². The van der Waals surface area contributed by atoms with Gasteiger partial charge >= 0.3 is 6.18 Å². The van der Waals surface area contributed by atoms with E-state index in [4.69, 9.17) is 0 Å². The maximum absolute atomic E-state index is 13.0. The Bertz CT molecular complexity index is 788. The molecule has 1 amide bonds. The molecule has 0 N–H and O–H groups in total. The monoisotopic (exact) mass is 380 g/mol. The Morgan fingerprint density at radius 2 is 1.74 bits per heavy atom. The van der Waals surface area contributed by atoms with Gasteiger partial charge in [0, 0.05) is 19.3 Å². The average molecular weight is 380 g/mol. The number of hydrogen-bond donors (Lipinski definition) is 0. The molecule has 0 aromatic carbocycles. The first-order valence-corrected chi connectivity index (χ1v) is 9.20. The average Bonchev–Trinajstić information content (AvgIpc) is 2.89. The minimum atomic E-state index is -4.44. The van der Waals surface area contributed by atoms with Crippen LogP contribution in [0.4, 0.5) is 13.2 Å². The van der Waals surface area contributed by atoms with Crippen LogP contribution >= 0.6 is 0 Å². The molecule has 5 nitrogen and oxygen atoms in total. The summed E-state index contributed by atoms with van der Waals surface area (Å²) in [6.45, 7) is 5.30. The molecule has 3 rings (SSSR count). The SMILES string of the molecule is CC(C)c1c(C(=O)N2CCCCCC2)cnn1-c1ccc(C(F)(F)F)cn1. The van der Waals surface area contributed by atoms with Crippen molar-refractivity contribution in [2.45, 2.75) is 51.6 Å². The molecule has 146 valence electrons. The largest absolute Gasteiger partial charge is 0.417 e. The molecule has 2 aromatic heterocycles. The summed E-state index contributed by atoms with van der Waals surface area (Å²) in [5, 5.41) is 4.26. The van der Waals surface area contributed by atoms with E-state index in [0.717, 1.165) is 51.0 Å². The van der Waals surface area contributed by atoms with Gasteiger partial charge in [0.25, 0.3) is 5.91 Å². The van der Waals surface area contributed by atoms with Crippen molar-refractivity contribution >= 4 is 5.91 Å². The van der Waals surface area contributed by atoms with Crippen LogP contribution in [-0.2, 0) is 6.18 Å². The molecular weight excluding hydrogens is 357 g/mol. The number of alkyl halides is 3. The maximum atomic E-state index is 13.0. The molecule has 1 saturated heterocycles. The summed E-state index contributed by atoms with van der Waals surface area (Å²) in [7, 11) is 0. The zero-order valence-electron chi connectivity index (χ0n) is 15.5. The van der Waals surface area contributed by atoms with E-state index in [1.54, 1.807) is 0 Å². The molecule has 0 atom stereocenters. The van der Waals surface area contributed by atoms with Crippen LogP contribution in [0.15, 0.2) is 24.5 Å². The van der Waals surface area contributed by atoms with Crippen LogP contribution < -0.4 is 0 Å². The van der Waals surface area contributed by atoms with Gasteiger partial charge < -0.3 is 4.90 Å². The maximum Gasteiger partial charge on any atom is 0.417 e. The third kappa shape index (κ3) is 4.14. The highest BCUT2D eigenvalue weighted by Crippen LogP contribution is 2.30. The lowest BCUT2D eigenvalue weighted by Gasteiger charge is -2.21. The number of carbonyl (C=O) groups excluding carboxylic acids is 1. The lowest BCUT2D eigenvalue weighted by atomic mass is 10.0. The number of pyridine rings is 1. The van der Waals surface area contributed by atoms with E-state index >= 15 is 0 Å². The van der Waals surface area contributed by atoms with Crippen LogP contribution in [0.2, 0.25) is 0 Å². The van der Waals surface area contributed by atoms with Crippen LogP contribution in [0, 0.1) is 0 Å². The van der Waals surface area contributed by atoms with E-state index in [0.29, 0.717) is 11.3 Å². The summed E-state index contributed by atoms with van der Waals surface area (Å²) >= 11 is 0. The molecule has 0 bridgehead atoms. The van der Waals surface area contributed by atoms with E-state index in [2.05, 4.69) is 10.1 Å². The van der Waals surface area contributed by atoms with Crippen LogP contribution in [0.3, 0.4) is 0 Å². The van der Waals surface area contributed by atoms with Gasteiger partial charge in [0.1, 0.15) is 0 Å². The van der Waals surface area contributed by atoms with Gasteiger partial charge in [-0.2, -0.15) is 18.3 Å². The van der Waals surface area contributed by atoms with E-state index in [1.807, 2.05) is 18.7 Å². The standard InChI is InChI=1S/C19H23F3N4O/c1-13(2)17-15(18(27)25-9-5-3-4-6-10-25)12-24-26(17)16-8-7-14(11-23-16)19(20,21)22/h7-8,11-13H,3-6,9-10H2,1-2H3. The lowest BCUT2D eigenvalue weighted by Crippen LogP contribution is -2.32. The zero-order valence-corrected chi connectivity index (χ0v) is 15.5. The van der Waals surface area contributed by atoms with E-state index in [9.17, 15) is 18.0 Å². The van der Waals surface area contributed by atoms with Crippen molar-refractivity contribution in [1.82, 2.24) is 19.7 Å². The number of rotatable bonds is 3. The van der Waals surface area contributed by atoms with Gasteiger partial charge in [-0.1, -0.05) is 26.7 Å². The van der Waals surface area contributed by atoms with Crippen molar-refractivity contribution in [2.75, 3.05) is 13.1 Å². The van der Waals surface area contributed by atoms with E-state index in [1.165, 1.54) is 16.9 Å². The number of amides is 1. The van der Waals surface area contributed by atoms with Gasteiger partial charge in [-0.15, -0.1) is 0 Å². The number of hydrogen-bond acceptors (Lipinski definition) is 3. The predicted molar refractivity (Wildman–Crippen MR) is 94.8 cm³/mol. The molecule has 0 unspecified atom stereocenters. The Morgan fingerprint density at radius 1 is 1.07 bits per heavy atom. The molecule has 1 fully saturated rings. The molecule has 8 heteroatoms. The van der Waals surface area contributed by atoms with Crippen LogP contribution in [-0.4, -0.2) is 38.7 Å². The molecule has 1 aliphatic heterocycles. The Morgan fingerprint density at radius 3 is 2.26 bits per heavy atom. The highest BCUT2D eigenvalue weighted by Gasteiger charge is 2.31. The van der Waals surface area contributed by atoms with E-state index in [-0.39, 0.29) is 17.6 Å². The van der Waals surface area contributed by atoms with Gasteiger partial charge in [-0.3, -0.25) is 4.79 Å². The Hall–Kier alpha value is -2.38. The molecule has 27 heavy (non-hydrogen) atoms. The van der Waals surface area contributed by atoms with Crippen LogP contribution in [0.5, 0.6) is 0 Å². The topological polar surface area (TPSA) is 51.0 Å². The Balaban J connectivity index is 1.94. The molecule has 0 saturated carbocycles. The van der Waals surface area contributed by atoms with Crippen molar-refractivity contribution in [3.8, 4) is 5.82 Å². The third-order valence-corrected chi connectivity index (χ3v) is 4.77. The zero-order chi connectivity index (χ0) is 19.6. The van der Waals surface area contributed by atoms with Gasteiger partial charge in [0.05, 0.1) is 23.0 Å². The van der Waals surface area contributed by atoms with Gasteiger partial charge in [0.2, 0.25) is 0 Å². The summed E-state index contributed by atoms with van der Waals surface area (Å²) in [6.07, 6.45) is 2.06. The molecule has 1 aliphatic rings. The van der Waals surface area contributed by atoms with Gasteiger partial charge in [-0.25, -0.2) is 9.67 Å². The number of carbonyl (C=O) groups is 1. The molecule has 3 heterocycles. The number of likely N-dealkylation sites (tertiary alicyclic amines) is 1. The smallest absolute Gasteiger partial charge is 0.339 e. The molecular formula is C19H23F3N4O. The summed E-state index contributed by atoms with van der Waals surface area (Å²) in [6, 6.07) is 2.26. The van der Waals surface area contributed by atoms with Crippen molar-refractivity contribution in [1.29, 1.82) is 0 Å². The van der Waals surface area contributed by atoms with Crippen molar-refractivity contribution in [3.05, 3.63) is 41.3 Å². The second kappa shape index (κ2) is 7.70. The second-order valence-electron chi connectivity index (χ2n) is 7.12. The minimum absolute atomic E-state index is 0.0393. The van der Waals surface area contributed by atoms with Gasteiger partial charge in [-0.05, 0) is 30.9 Å². The fourth-order valence-corrected chi connectivity index (χ4v) is 3.38. The molecule has 2 aromatic rings. The summed E-state index contributed by atoms with van der Waals surface area (Å²) in [5.41, 5.74) is 0.343. The predicted octanol–water partition coefficient (Wildman–Crippen LogP) is 4.43. The van der Waals surface area contributed by atoms with Crippen molar-refractivity contribution < 1.29 is 18.0 Å². The van der Waals surface area contributed by atoms with Gasteiger partial charge in [0.15, 0.2) is 5.82 Å². The number of aromatic nitrogens is 3. The first-order valence-electron chi connectivity index (χ1n) is 9.20. The number of nitrogens with zero attached hydrogens (tertiary/aromatic N) is 4. The fourth-order valence-electron chi connectivity index (χ4n) is 3.38.